The van der Waals surface area contributed by atoms with Crippen LogP contribution in [-0.2, 0) is 4.74 Å². The molecule has 2 nitrogen and oxygen atoms in total. The SMILES string of the molecule is CC(C)COCCCC(O)C(C)(C)C. The van der Waals surface area contributed by atoms with Crippen LogP contribution < -0.4 is 0 Å². The Bertz CT molecular complexity index is 136. The van der Waals surface area contributed by atoms with Crippen molar-refractivity contribution >= 4 is 0 Å². The molecule has 0 spiro atoms. The highest BCUT2D eigenvalue weighted by Gasteiger charge is 2.21. The van der Waals surface area contributed by atoms with E-state index >= 15 is 0 Å². The van der Waals surface area contributed by atoms with Crippen molar-refractivity contribution in [1.29, 1.82) is 0 Å². The van der Waals surface area contributed by atoms with Gasteiger partial charge in [0.15, 0.2) is 0 Å². The first kappa shape index (κ1) is 13.9. The number of aliphatic hydroxyl groups is 1. The van der Waals surface area contributed by atoms with Gasteiger partial charge >= 0.3 is 0 Å². The van der Waals surface area contributed by atoms with E-state index in [9.17, 15) is 5.11 Å². The summed E-state index contributed by atoms with van der Waals surface area (Å²) in [5.41, 5.74) is -0.00194. The number of aliphatic hydroxyl groups excluding tert-OH is 1. The van der Waals surface area contributed by atoms with Crippen molar-refractivity contribution in [3.63, 3.8) is 0 Å². The molecule has 1 N–H and O–H groups in total. The molecule has 0 heterocycles. The zero-order valence-electron chi connectivity index (χ0n) is 10.3. The molecule has 0 rings (SSSR count). The lowest BCUT2D eigenvalue weighted by molar-refractivity contribution is 0.0393. The standard InChI is InChI=1S/C12H26O2/c1-10(2)9-14-8-6-7-11(13)12(3,4)5/h10-11,13H,6-9H2,1-5H3. The Morgan fingerprint density at radius 3 is 2.21 bits per heavy atom. The molecule has 2 heteroatoms. The van der Waals surface area contributed by atoms with Crippen LogP contribution in [0.5, 0.6) is 0 Å². The summed E-state index contributed by atoms with van der Waals surface area (Å²) >= 11 is 0. The molecular weight excluding hydrogens is 176 g/mol. The summed E-state index contributed by atoms with van der Waals surface area (Å²) in [4.78, 5) is 0. The molecule has 0 aliphatic carbocycles. The molecular formula is C12H26O2. The Hall–Kier alpha value is -0.0800. The topological polar surface area (TPSA) is 29.5 Å². The maximum absolute atomic E-state index is 9.74. The minimum atomic E-state index is -0.217. The van der Waals surface area contributed by atoms with Gasteiger partial charge < -0.3 is 9.84 Å². The summed E-state index contributed by atoms with van der Waals surface area (Å²) in [5, 5.41) is 9.74. The Morgan fingerprint density at radius 1 is 1.21 bits per heavy atom. The van der Waals surface area contributed by atoms with Gasteiger partial charge in [-0.15, -0.1) is 0 Å². The molecule has 0 amide bonds. The Morgan fingerprint density at radius 2 is 1.79 bits per heavy atom. The highest BCUT2D eigenvalue weighted by molar-refractivity contribution is 4.72. The van der Waals surface area contributed by atoms with Gasteiger partial charge in [-0.05, 0) is 24.2 Å². The van der Waals surface area contributed by atoms with Crippen molar-refractivity contribution in [3.05, 3.63) is 0 Å². The van der Waals surface area contributed by atoms with E-state index in [-0.39, 0.29) is 11.5 Å². The van der Waals surface area contributed by atoms with Gasteiger partial charge in [0.25, 0.3) is 0 Å². The lowest BCUT2D eigenvalue weighted by Crippen LogP contribution is -2.26. The van der Waals surface area contributed by atoms with Crippen molar-refractivity contribution in [3.8, 4) is 0 Å². The van der Waals surface area contributed by atoms with E-state index in [1.807, 2.05) is 0 Å². The normalized spacial score (nSPS) is 14.8. The molecule has 0 radical (unpaired) electrons. The van der Waals surface area contributed by atoms with Gasteiger partial charge in [0, 0.05) is 13.2 Å². The summed E-state index contributed by atoms with van der Waals surface area (Å²) in [7, 11) is 0. The monoisotopic (exact) mass is 202 g/mol. The Kier molecular flexibility index (Phi) is 6.38. The van der Waals surface area contributed by atoms with Crippen LogP contribution in [0.15, 0.2) is 0 Å². The Balaban J connectivity index is 3.37. The highest BCUT2D eigenvalue weighted by Crippen LogP contribution is 2.22. The van der Waals surface area contributed by atoms with Crippen molar-refractivity contribution in [2.75, 3.05) is 13.2 Å². The van der Waals surface area contributed by atoms with Crippen LogP contribution in [0.4, 0.5) is 0 Å². The highest BCUT2D eigenvalue weighted by atomic mass is 16.5. The van der Waals surface area contributed by atoms with Crippen LogP contribution in [0.1, 0.15) is 47.5 Å². The predicted octanol–water partition coefficient (Wildman–Crippen LogP) is 2.85. The number of rotatable bonds is 6. The molecule has 1 atom stereocenters. The molecule has 1 unspecified atom stereocenters. The average Bonchev–Trinajstić information content (AvgIpc) is 2.01. The van der Waals surface area contributed by atoms with E-state index < -0.39 is 0 Å². The molecule has 0 aliphatic heterocycles. The molecule has 0 aromatic heterocycles. The van der Waals surface area contributed by atoms with E-state index in [1.54, 1.807) is 0 Å². The Labute approximate surface area is 88.7 Å². The van der Waals surface area contributed by atoms with Crippen molar-refractivity contribution in [1.82, 2.24) is 0 Å². The molecule has 14 heavy (non-hydrogen) atoms. The van der Waals surface area contributed by atoms with Gasteiger partial charge in [-0.2, -0.15) is 0 Å². The summed E-state index contributed by atoms with van der Waals surface area (Å²) in [6.07, 6.45) is 1.57. The van der Waals surface area contributed by atoms with Crippen LogP contribution >= 0.6 is 0 Å². The summed E-state index contributed by atoms with van der Waals surface area (Å²) in [6, 6.07) is 0. The van der Waals surface area contributed by atoms with Gasteiger partial charge in [-0.3, -0.25) is 0 Å². The van der Waals surface area contributed by atoms with Gasteiger partial charge in [-0.1, -0.05) is 34.6 Å². The first-order valence-corrected chi connectivity index (χ1v) is 5.60. The van der Waals surface area contributed by atoms with Gasteiger partial charge in [0.2, 0.25) is 0 Å². The van der Waals surface area contributed by atoms with E-state index in [1.165, 1.54) is 0 Å². The summed E-state index contributed by atoms with van der Waals surface area (Å²) in [6.45, 7) is 12.1. The van der Waals surface area contributed by atoms with Gasteiger partial charge in [0.05, 0.1) is 6.10 Å². The number of ether oxygens (including phenoxy) is 1. The quantitative estimate of drug-likeness (QED) is 0.671. The zero-order chi connectivity index (χ0) is 11.2. The maximum Gasteiger partial charge on any atom is 0.0589 e. The third-order valence-electron chi connectivity index (χ3n) is 2.22. The first-order chi connectivity index (χ1) is 6.34. The molecule has 0 bridgehead atoms. The van der Waals surface area contributed by atoms with Crippen LogP contribution in [0.25, 0.3) is 0 Å². The third kappa shape index (κ3) is 7.34. The van der Waals surface area contributed by atoms with Crippen LogP contribution in [0.3, 0.4) is 0 Å². The summed E-state index contributed by atoms with van der Waals surface area (Å²) in [5.74, 6) is 0.600. The molecule has 0 fully saturated rings. The zero-order valence-corrected chi connectivity index (χ0v) is 10.3. The van der Waals surface area contributed by atoms with Crippen LogP contribution in [-0.4, -0.2) is 24.4 Å². The fourth-order valence-electron chi connectivity index (χ4n) is 1.13. The second-order valence-corrected chi connectivity index (χ2v) is 5.49. The van der Waals surface area contributed by atoms with Crippen molar-refractivity contribution in [2.24, 2.45) is 11.3 Å². The lowest BCUT2D eigenvalue weighted by atomic mass is 9.87. The predicted molar refractivity (Wildman–Crippen MR) is 60.4 cm³/mol. The molecule has 0 saturated carbocycles. The molecule has 0 aromatic carbocycles. The van der Waals surface area contributed by atoms with E-state index in [0.717, 1.165) is 26.1 Å². The van der Waals surface area contributed by atoms with Crippen molar-refractivity contribution in [2.45, 2.75) is 53.6 Å². The molecule has 0 aliphatic rings. The van der Waals surface area contributed by atoms with Crippen LogP contribution in [0, 0.1) is 11.3 Å². The average molecular weight is 202 g/mol. The van der Waals surface area contributed by atoms with Gasteiger partial charge in [-0.25, -0.2) is 0 Å². The smallest absolute Gasteiger partial charge is 0.0589 e. The fourth-order valence-corrected chi connectivity index (χ4v) is 1.13. The third-order valence-corrected chi connectivity index (χ3v) is 2.22. The van der Waals surface area contributed by atoms with E-state index in [0.29, 0.717) is 5.92 Å². The lowest BCUT2D eigenvalue weighted by Gasteiger charge is -2.25. The summed E-state index contributed by atoms with van der Waals surface area (Å²) < 4.78 is 5.45. The van der Waals surface area contributed by atoms with E-state index in [4.69, 9.17) is 4.74 Å². The van der Waals surface area contributed by atoms with E-state index in [2.05, 4.69) is 34.6 Å². The second kappa shape index (κ2) is 6.41. The first-order valence-electron chi connectivity index (χ1n) is 5.60. The molecule has 0 saturated heterocycles. The van der Waals surface area contributed by atoms with Gasteiger partial charge in [0.1, 0.15) is 0 Å². The molecule has 0 aromatic rings. The number of hydrogen-bond acceptors (Lipinski definition) is 2. The van der Waals surface area contributed by atoms with Crippen LogP contribution in [0.2, 0.25) is 0 Å². The fraction of sp³-hybridized carbons (Fsp3) is 1.00. The largest absolute Gasteiger partial charge is 0.393 e. The second-order valence-electron chi connectivity index (χ2n) is 5.49. The minimum absolute atomic E-state index is 0.00194. The molecule has 86 valence electrons. The maximum atomic E-state index is 9.74. The van der Waals surface area contributed by atoms with Crippen molar-refractivity contribution < 1.29 is 9.84 Å². The minimum Gasteiger partial charge on any atom is -0.393 e. The number of hydrogen-bond donors (Lipinski definition) is 1.